The van der Waals surface area contributed by atoms with Crippen LogP contribution in [-0.4, -0.2) is 50.2 Å². The number of aliphatic imine (C=N–C) groups is 2. The second-order valence-corrected chi connectivity index (χ2v) is 7.49. The number of nitrogens with one attached hydrogen (secondary N) is 4. The first kappa shape index (κ1) is 16.3. The van der Waals surface area contributed by atoms with E-state index in [4.69, 9.17) is 9.98 Å². The summed E-state index contributed by atoms with van der Waals surface area (Å²) in [5.74, 6) is 0. The molecule has 0 atom stereocenters. The fourth-order valence-electron chi connectivity index (χ4n) is 4.26. The highest BCUT2D eigenvalue weighted by atomic mass is 15.3. The van der Waals surface area contributed by atoms with Gasteiger partial charge in [-0.15, -0.1) is 0 Å². The van der Waals surface area contributed by atoms with Crippen LogP contribution in [0.25, 0.3) is 0 Å². The summed E-state index contributed by atoms with van der Waals surface area (Å²) in [6.07, 6.45) is 13.2. The van der Waals surface area contributed by atoms with Crippen LogP contribution < -0.4 is 21.3 Å². The summed E-state index contributed by atoms with van der Waals surface area (Å²) in [6.45, 7) is 3.98. The van der Waals surface area contributed by atoms with E-state index in [0.717, 1.165) is 51.9 Å². The Bertz CT molecular complexity index is 704. The Morgan fingerprint density at radius 3 is 1.42 bits per heavy atom. The van der Waals surface area contributed by atoms with Crippen molar-refractivity contribution in [3.05, 3.63) is 46.6 Å². The van der Waals surface area contributed by atoms with Gasteiger partial charge in [0.1, 0.15) is 0 Å². The molecule has 0 bridgehead atoms. The molecule has 6 heteroatoms. The van der Waals surface area contributed by atoms with Crippen molar-refractivity contribution in [3.8, 4) is 0 Å². The number of hydrogen-bond acceptors (Lipinski definition) is 6. The van der Waals surface area contributed by atoms with Crippen LogP contribution in [0.15, 0.2) is 56.6 Å². The fraction of sp³-hybridized carbons (Fsp3) is 0.500. The monoisotopic (exact) mass is 350 g/mol. The zero-order valence-electron chi connectivity index (χ0n) is 15.0. The second-order valence-electron chi connectivity index (χ2n) is 7.49. The fourth-order valence-corrected chi connectivity index (χ4v) is 4.26. The zero-order valence-corrected chi connectivity index (χ0v) is 15.0. The van der Waals surface area contributed by atoms with Gasteiger partial charge in [0, 0.05) is 50.4 Å². The van der Waals surface area contributed by atoms with Gasteiger partial charge in [0.25, 0.3) is 0 Å². The summed E-state index contributed by atoms with van der Waals surface area (Å²) in [5.41, 5.74) is 8.41. The van der Waals surface area contributed by atoms with Gasteiger partial charge in [-0.25, -0.2) is 0 Å². The lowest BCUT2D eigenvalue weighted by Crippen LogP contribution is -2.30. The van der Waals surface area contributed by atoms with Crippen molar-refractivity contribution in [2.45, 2.75) is 38.3 Å². The third-order valence-corrected chi connectivity index (χ3v) is 5.65. The van der Waals surface area contributed by atoms with E-state index in [-0.39, 0.29) is 12.6 Å². The minimum atomic E-state index is 0.0846. The molecule has 0 aromatic rings. The predicted molar refractivity (Wildman–Crippen MR) is 105 cm³/mol. The van der Waals surface area contributed by atoms with Crippen molar-refractivity contribution in [2.75, 3.05) is 26.2 Å². The maximum absolute atomic E-state index is 4.81. The quantitative estimate of drug-likeness (QED) is 0.602. The Kier molecular flexibility index (Phi) is 4.42. The lowest BCUT2D eigenvalue weighted by Gasteiger charge is -2.28. The van der Waals surface area contributed by atoms with Crippen molar-refractivity contribution in [1.29, 1.82) is 0 Å². The molecule has 5 aliphatic rings. The number of rotatable bonds is 2. The van der Waals surface area contributed by atoms with Crippen molar-refractivity contribution in [2.24, 2.45) is 9.98 Å². The van der Waals surface area contributed by atoms with E-state index in [1.165, 1.54) is 33.7 Å². The maximum atomic E-state index is 4.81. The lowest BCUT2D eigenvalue weighted by molar-refractivity contribution is 0.579. The Labute approximate surface area is 154 Å². The molecule has 2 aliphatic heterocycles. The lowest BCUT2D eigenvalue weighted by atomic mass is 9.78. The van der Waals surface area contributed by atoms with Crippen molar-refractivity contribution in [3.63, 3.8) is 0 Å². The summed E-state index contributed by atoms with van der Waals surface area (Å²) in [4.78, 5) is 9.61. The average Bonchev–Trinajstić information content (AvgIpc) is 3.34. The van der Waals surface area contributed by atoms with Crippen LogP contribution in [0.4, 0.5) is 0 Å². The summed E-state index contributed by atoms with van der Waals surface area (Å²) in [5, 5.41) is 13.5. The molecule has 0 aromatic heterocycles. The molecule has 4 N–H and O–H groups in total. The first-order valence-electron chi connectivity index (χ1n) is 9.68. The van der Waals surface area contributed by atoms with Crippen LogP contribution in [0.5, 0.6) is 0 Å². The largest absolute Gasteiger partial charge is 0.282 e. The van der Waals surface area contributed by atoms with E-state index >= 15 is 0 Å². The second kappa shape index (κ2) is 7.04. The van der Waals surface area contributed by atoms with Crippen LogP contribution in [-0.2, 0) is 0 Å². The topological polar surface area (TPSA) is 72.8 Å². The smallest absolute Gasteiger partial charge is 0.153 e. The molecule has 6 nitrogen and oxygen atoms in total. The minimum Gasteiger partial charge on any atom is -0.282 e. The molecule has 5 rings (SSSR count). The van der Waals surface area contributed by atoms with Crippen molar-refractivity contribution in [1.82, 2.24) is 21.3 Å². The number of allylic oxidation sites excluding steroid dienone is 8. The van der Waals surface area contributed by atoms with Crippen LogP contribution in [0.2, 0.25) is 0 Å². The third kappa shape index (κ3) is 3.38. The van der Waals surface area contributed by atoms with Gasteiger partial charge in [0.05, 0.1) is 0 Å². The Morgan fingerprint density at radius 2 is 1.00 bits per heavy atom. The molecule has 3 aliphatic carbocycles. The van der Waals surface area contributed by atoms with Gasteiger partial charge in [0.2, 0.25) is 0 Å². The summed E-state index contributed by atoms with van der Waals surface area (Å²) < 4.78 is 0. The van der Waals surface area contributed by atoms with Gasteiger partial charge in [-0.05, 0) is 36.1 Å². The summed E-state index contributed by atoms with van der Waals surface area (Å²) in [7, 11) is 0. The molecule has 0 saturated carbocycles. The van der Waals surface area contributed by atoms with E-state index < -0.39 is 0 Å². The third-order valence-electron chi connectivity index (χ3n) is 5.65. The standard InChI is InChI=1S/C20H26N6/c1-3-17(25-19-21-5-6-22-19)11-15-10-14-2-4-18(12-16(14)9-13(1)15)26-20-23-7-8-24-20/h1-4,19-24H,5-12H2/b25-17+,26-18+. The van der Waals surface area contributed by atoms with Gasteiger partial charge in [-0.1, -0.05) is 23.3 Å². The van der Waals surface area contributed by atoms with E-state index in [0.29, 0.717) is 0 Å². The van der Waals surface area contributed by atoms with Gasteiger partial charge < -0.3 is 0 Å². The van der Waals surface area contributed by atoms with Crippen molar-refractivity contribution < 1.29 is 0 Å². The molecular formula is C20H26N6. The van der Waals surface area contributed by atoms with E-state index in [9.17, 15) is 0 Å². The first-order chi connectivity index (χ1) is 12.8. The maximum Gasteiger partial charge on any atom is 0.153 e. The molecule has 136 valence electrons. The predicted octanol–water partition coefficient (Wildman–Crippen LogP) is 1.13. The Morgan fingerprint density at radius 1 is 0.577 bits per heavy atom. The first-order valence-corrected chi connectivity index (χ1v) is 9.68. The van der Waals surface area contributed by atoms with Gasteiger partial charge in [-0.3, -0.25) is 31.3 Å². The van der Waals surface area contributed by atoms with Gasteiger partial charge in [-0.2, -0.15) is 0 Å². The van der Waals surface area contributed by atoms with E-state index in [2.05, 4.69) is 45.6 Å². The van der Waals surface area contributed by atoms with Gasteiger partial charge in [0.15, 0.2) is 12.6 Å². The minimum absolute atomic E-state index is 0.0846. The molecular weight excluding hydrogens is 324 g/mol. The van der Waals surface area contributed by atoms with Gasteiger partial charge >= 0.3 is 0 Å². The van der Waals surface area contributed by atoms with E-state index in [1.54, 1.807) is 0 Å². The molecule has 2 saturated heterocycles. The summed E-state index contributed by atoms with van der Waals surface area (Å²) >= 11 is 0. The molecule has 0 amide bonds. The molecule has 0 unspecified atom stereocenters. The van der Waals surface area contributed by atoms with Crippen LogP contribution in [0, 0.1) is 0 Å². The number of nitrogens with zero attached hydrogens (tertiary/aromatic N) is 2. The van der Waals surface area contributed by atoms with E-state index in [1.807, 2.05) is 0 Å². The Balaban J connectivity index is 1.27. The molecule has 2 fully saturated rings. The molecule has 0 radical (unpaired) electrons. The highest BCUT2D eigenvalue weighted by Gasteiger charge is 2.25. The molecule has 2 heterocycles. The van der Waals surface area contributed by atoms with Crippen molar-refractivity contribution >= 4 is 11.4 Å². The Hall–Kier alpha value is -1.86. The highest BCUT2D eigenvalue weighted by Crippen LogP contribution is 2.38. The van der Waals surface area contributed by atoms with Crippen LogP contribution in [0.3, 0.4) is 0 Å². The normalized spacial score (nSPS) is 30.0. The highest BCUT2D eigenvalue weighted by molar-refractivity contribution is 6.00. The molecule has 0 spiro atoms. The molecule has 26 heavy (non-hydrogen) atoms. The SMILES string of the molecule is C1=C/C(=N\C2NCCN2)CC2=C1CC1=C(C=C/C(=N\C3NCCN3)C1)C2. The van der Waals surface area contributed by atoms with Crippen LogP contribution >= 0.6 is 0 Å². The average molecular weight is 350 g/mol. The number of hydrogen-bond donors (Lipinski definition) is 4. The van der Waals surface area contributed by atoms with Crippen LogP contribution in [0.1, 0.15) is 25.7 Å². The summed E-state index contributed by atoms with van der Waals surface area (Å²) in [6, 6.07) is 0. The zero-order chi connectivity index (χ0) is 17.3. The molecule has 0 aromatic carbocycles.